The first-order chi connectivity index (χ1) is 14.1. The molecular formula is C24H30N4O. The van der Waals surface area contributed by atoms with Crippen LogP contribution in [0.15, 0.2) is 48.6 Å². The second kappa shape index (κ2) is 7.43. The maximum Gasteiger partial charge on any atom is 0.244 e. The van der Waals surface area contributed by atoms with Crippen molar-refractivity contribution in [3.8, 4) is 0 Å². The molecule has 4 aliphatic carbocycles. The molecule has 1 amide bonds. The molecule has 0 spiro atoms. The molecule has 6 rings (SSSR count). The van der Waals surface area contributed by atoms with Crippen molar-refractivity contribution >= 4 is 5.91 Å². The molecule has 4 aliphatic rings. The highest BCUT2D eigenvalue weighted by molar-refractivity contribution is 5.88. The van der Waals surface area contributed by atoms with Crippen LogP contribution in [0.1, 0.15) is 56.6 Å². The van der Waals surface area contributed by atoms with Crippen molar-refractivity contribution in [3.05, 3.63) is 59.7 Å². The Morgan fingerprint density at radius 2 is 1.72 bits per heavy atom. The van der Waals surface area contributed by atoms with E-state index in [4.69, 9.17) is 0 Å². The van der Waals surface area contributed by atoms with Crippen molar-refractivity contribution in [3.63, 3.8) is 0 Å². The molecule has 0 atom stereocenters. The standard InChI is InChI=1S/C24H30N4O/c1-17(24-10-20-7-21(11-24)9-22(8-20)12-24)6-23(29)26-13-18-2-4-19(5-3-18)14-28-16-25-15-27-28/h2-6,15-16,20-22H,7-14H2,1H3,(H,26,29)/b17-6-. The second-order valence-electron chi connectivity index (χ2n) is 9.65. The highest BCUT2D eigenvalue weighted by Gasteiger charge is 2.51. The lowest BCUT2D eigenvalue weighted by Crippen LogP contribution is -2.46. The lowest BCUT2D eigenvalue weighted by molar-refractivity contribution is -0.116. The minimum absolute atomic E-state index is 0.0462. The third-order valence-corrected chi connectivity index (χ3v) is 7.52. The number of rotatable bonds is 6. The van der Waals surface area contributed by atoms with Crippen molar-refractivity contribution in [1.29, 1.82) is 0 Å². The first-order valence-corrected chi connectivity index (χ1v) is 10.9. The number of amides is 1. The lowest BCUT2D eigenvalue weighted by atomic mass is 9.48. The van der Waals surface area contributed by atoms with E-state index in [1.165, 1.54) is 49.7 Å². The second-order valence-corrected chi connectivity index (χ2v) is 9.65. The molecule has 1 aromatic carbocycles. The Balaban J connectivity index is 1.18. The fourth-order valence-electron chi connectivity index (χ4n) is 6.45. The van der Waals surface area contributed by atoms with Gasteiger partial charge in [0.05, 0.1) is 6.54 Å². The summed E-state index contributed by atoms with van der Waals surface area (Å²) in [5.41, 5.74) is 3.91. The Morgan fingerprint density at radius 3 is 2.31 bits per heavy atom. The van der Waals surface area contributed by atoms with Crippen LogP contribution < -0.4 is 5.32 Å². The van der Waals surface area contributed by atoms with Crippen LogP contribution >= 0.6 is 0 Å². The summed E-state index contributed by atoms with van der Waals surface area (Å²) < 4.78 is 1.80. The topological polar surface area (TPSA) is 59.8 Å². The van der Waals surface area contributed by atoms with E-state index >= 15 is 0 Å². The SMILES string of the molecule is C/C(=C/C(=O)NCc1ccc(Cn2cncn2)cc1)C12CC3CC(CC(C3)C1)C2. The first-order valence-electron chi connectivity index (χ1n) is 10.9. The van der Waals surface area contributed by atoms with Gasteiger partial charge >= 0.3 is 0 Å². The van der Waals surface area contributed by atoms with E-state index in [1.807, 2.05) is 6.08 Å². The van der Waals surface area contributed by atoms with E-state index in [-0.39, 0.29) is 5.91 Å². The zero-order valence-electron chi connectivity index (χ0n) is 17.2. The van der Waals surface area contributed by atoms with Gasteiger partial charge in [-0.15, -0.1) is 0 Å². The van der Waals surface area contributed by atoms with E-state index < -0.39 is 0 Å². The molecule has 1 heterocycles. The van der Waals surface area contributed by atoms with Crippen LogP contribution in [0.2, 0.25) is 0 Å². The molecular weight excluding hydrogens is 360 g/mol. The van der Waals surface area contributed by atoms with Crippen LogP contribution in [0.4, 0.5) is 0 Å². The summed E-state index contributed by atoms with van der Waals surface area (Å²) >= 11 is 0. The van der Waals surface area contributed by atoms with E-state index in [9.17, 15) is 4.79 Å². The first kappa shape index (κ1) is 18.6. The molecule has 0 radical (unpaired) electrons. The Morgan fingerprint density at radius 1 is 1.10 bits per heavy atom. The average Bonchev–Trinajstić information content (AvgIpc) is 3.19. The van der Waals surface area contributed by atoms with Gasteiger partial charge in [0.15, 0.2) is 0 Å². The minimum atomic E-state index is 0.0462. The third-order valence-electron chi connectivity index (χ3n) is 7.52. The average molecular weight is 391 g/mol. The minimum Gasteiger partial charge on any atom is -0.348 e. The predicted molar refractivity (Wildman–Crippen MR) is 112 cm³/mol. The number of aromatic nitrogens is 3. The Labute approximate surface area is 172 Å². The fourth-order valence-corrected chi connectivity index (χ4v) is 6.45. The van der Waals surface area contributed by atoms with Crippen LogP contribution in [0, 0.1) is 23.2 Å². The Hall–Kier alpha value is -2.43. The van der Waals surface area contributed by atoms with Gasteiger partial charge in [-0.2, -0.15) is 5.10 Å². The molecule has 4 bridgehead atoms. The van der Waals surface area contributed by atoms with Gasteiger partial charge in [0.25, 0.3) is 0 Å². The number of carbonyl (C=O) groups is 1. The number of hydrogen-bond donors (Lipinski definition) is 1. The lowest BCUT2D eigenvalue weighted by Gasteiger charge is -2.57. The molecule has 0 aliphatic heterocycles. The maximum absolute atomic E-state index is 12.6. The van der Waals surface area contributed by atoms with Crippen molar-refractivity contribution in [1.82, 2.24) is 20.1 Å². The fraction of sp³-hybridized carbons (Fsp3) is 0.542. The summed E-state index contributed by atoms with van der Waals surface area (Å²) in [5, 5.41) is 7.21. The van der Waals surface area contributed by atoms with Gasteiger partial charge in [0.2, 0.25) is 5.91 Å². The van der Waals surface area contributed by atoms with Gasteiger partial charge in [-0.25, -0.2) is 9.67 Å². The molecule has 5 nitrogen and oxygen atoms in total. The van der Waals surface area contributed by atoms with Gasteiger partial charge in [-0.1, -0.05) is 29.8 Å². The van der Waals surface area contributed by atoms with Crippen molar-refractivity contribution in [2.45, 2.75) is 58.5 Å². The van der Waals surface area contributed by atoms with Crippen molar-refractivity contribution in [2.24, 2.45) is 23.2 Å². The molecule has 1 N–H and O–H groups in total. The number of nitrogens with one attached hydrogen (secondary N) is 1. The van der Waals surface area contributed by atoms with Crippen molar-refractivity contribution in [2.75, 3.05) is 0 Å². The van der Waals surface area contributed by atoms with E-state index in [2.05, 4.69) is 46.6 Å². The summed E-state index contributed by atoms with van der Waals surface area (Å²) in [7, 11) is 0. The van der Waals surface area contributed by atoms with Gasteiger partial charge < -0.3 is 5.32 Å². The largest absolute Gasteiger partial charge is 0.348 e. The molecule has 4 saturated carbocycles. The van der Waals surface area contributed by atoms with Crippen LogP contribution in [0.5, 0.6) is 0 Å². The number of nitrogens with zero attached hydrogens (tertiary/aromatic N) is 3. The quantitative estimate of drug-likeness (QED) is 0.755. The van der Waals surface area contributed by atoms with Gasteiger partial charge in [0.1, 0.15) is 12.7 Å². The Bertz CT molecular complexity index is 862. The molecule has 1 aromatic heterocycles. The zero-order chi connectivity index (χ0) is 19.8. The number of hydrogen-bond acceptors (Lipinski definition) is 3. The molecule has 152 valence electrons. The smallest absolute Gasteiger partial charge is 0.244 e. The van der Waals surface area contributed by atoms with Crippen LogP contribution in [0.3, 0.4) is 0 Å². The van der Waals surface area contributed by atoms with Crippen molar-refractivity contribution < 1.29 is 4.79 Å². The van der Waals surface area contributed by atoms with E-state index in [0.29, 0.717) is 18.5 Å². The van der Waals surface area contributed by atoms with Crippen LogP contribution in [-0.4, -0.2) is 20.7 Å². The number of carbonyl (C=O) groups excluding carboxylic acids is 1. The van der Waals surface area contributed by atoms with Gasteiger partial charge in [-0.05, 0) is 79.7 Å². The molecule has 0 unspecified atom stereocenters. The molecule has 0 saturated heterocycles. The third kappa shape index (κ3) is 3.87. The molecule has 4 fully saturated rings. The predicted octanol–water partition coefficient (Wildman–Crippen LogP) is 4.11. The number of benzene rings is 1. The maximum atomic E-state index is 12.6. The highest BCUT2D eigenvalue weighted by atomic mass is 16.1. The monoisotopic (exact) mass is 390 g/mol. The Kier molecular flexibility index (Phi) is 4.76. The molecule has 2 aromatic rings. The summed E-state index contributed by atoms with van der Waals surface area (Å²) in [4.78, 5) is 16.6. The van der Waals surface area contributed by atoms with Gasteiger partial charge in [0, 0.05) is 12.6 Å². The van der Waals surface area contributed by atoms with E-state index in [0.717, 1.165) is 23.3 Å². The summed E-state index contributed by atoms with van der Waals surface area (Å²) in [6, 6.07) is 8.31. The summed E-state index contributed by atoms with van der Waals surface area (Å²) in [6.45, 7) is 3.47. The summed E-state index contributed by atoms with van der Waals surface area (Å²) in [6.07, 6.45) is 13.4. The normalized spacial score (nSPS) is 30.5. The zero-order valence-corrected chi connectivity index (χ0v) is 17.2. The molecule has 5 heteroatoms. The van der Waals surface area contributed by atoms with Crippen LogP contribution in [0.25, 0.3) is 0 Å². The van der Waals surface area contributed by atoms with Crippen LogP contribution in [-0.2, 0) is 17.9 Å². The summed E-state index contributed by atoms with van der Waals surface area (Å²) in [5.74, 6) is 2.76. The molecule has 29 heavy (non-hydrogen) atoms. The van der Waals surface area contributed by atoms with Gasteiger partial charge in [-0.3, -0.25) is 4.79 Å². The highest BCUT2D eigenvalue weighted by Crippen LogP contribution is 2.62. The van der Waals surface area contributed by atoms with E-state index in [1.54, 1.807) is 17.3 Å². The number of allylic oxidation sites excluding steroid dienone is 1.